The Bertz CT molecular complexity index is 748. The van der Waals surface area contributed by atoms with E-state index in [-0.39, 0.29) is 11.3 Å². The van der Waals surface area contributed by atoms with Gasteiger partial charge in [0.1, 0.15) is 4.88 Å². The second kappa shape index (κ2) is 8.14. The number of carboxylic acid groups (broad SMARTS) is 1. The van der Waals surface area contributed by atoms with Gasteiger partial charge in [0.15, 0.2) is 0 Å². The summed E-state index contributed by atoms with van der Waals surface area (Å²) in [5.74, 6) is -1.06. The van der Waals surface area contributed by atoms with Gasteiger partial charge in [-0.3, -0.25) is 0 Å². The Morgan fingerprint density at radius 2 is 1.88 bits per heavy atom. The summed E-state index contributed by atoms with van der Waals surface area (Å²) in [6.07, 6.45) is -5.24. The van der Waals surface area contributed by atoms with E-state index in [2.05, 4.69) is 15.9 Å². The molecule has 136 valence electrons. The number of carboxylic acids is 1. The lowest BCUT2D eigenvalue weighted by Gasteiger charge is -2.17. The molecule has 1 heterocycles. The number of thiophene rings is 1. The van der Waals surface area contributed by atoms with Crippen LogP contribution in [0, 0.1) is 13.8 Å². The van der Waals surface area contributed by atoms with Crippen molar-refractivity contribution in [3.63, 3.8) is 0 Å². The maximum absolute atomic E-state index is 12.7. The smallest absolute Gasteiger partial charge is 0.389 e. The molecular weight excluding hydrogens is 437 g/mol. The molecule has 0 fully saturated rings. The van der Waals surface area contributed by atoms with E-state index in [4.69, 9.17) is 5.11 Å². The summed E-state index contributed by atoms with van der Waals surface area (Å²) in [6.45, 7) is 3.86. The molecule has 0 aliphatic heterocycles. The highest BCUT2D eigenvalue weighted by Crippen LogP contribution is 2.44. The van der Waals surface area contributed by atoms with Crippen LogP contribution in [0.1, 0.15) is 43.8 Å². The van der Waals surface area contributed by atoms with Crippen molar-refractivity contribution in [2.75, 3.05) is 0 Å². The second-order valence-electron chi connectivity index (χ2n) is 5.64. The third-order valence-electron chi connectivity index (χ3n) is 3.53. The summed E-state index contributed by atoms with van der Waals surface area (Å²) in [4.78, 5) is 12.7. The standard InChI is InChI=1S/C17H16BrF3O2S2/c1-9-7-11(8-10(2)15(9)18)24-13(5-6-17(19,20)21)12-3-4-14(25-12)16(22)23/h3-4,7-8,13H,5-6H2,1-2H3,(H,22,23)/t13-/m1/s1. The SMILES string of the molecule is Cc1cc(S[C@H](CCC(F)(F)F)c2ccc(C(=O)O)s2)cc(C)c1Br. The third kappa shape index (κ3) is 5.76. The Morgan fingerprint density at radius 3 is 2.36 bits per heavy atom. The maximum Gasteiger partial charge on any atom is 0.389 e. The molecule has 1 aromatic heterocycles. The van der Waals surface area contributed by atoms with E-state index in [9.17, 15) is 18.0 Å². The summed E-state index contributed by atoms with van der Waals surface area (Å²) < 4.78 is 39.0. The van der Waals surface area contributed by atoms with E-state index in [1.165, 1.54) is 17.8 Å². The van der Waals surface area contributed by atoms with Gasteiger partial charge in [0, 0.05) is 25.9 Å². The van der Waals surface area contributed by atoms with E-state index in [1.807, 2.05) is 26.0 Å². The van der Waals surface area contributed by atoms with Gasteiger partial charge in [-0.15, -0.1) is 23.1 Å². The predicted octanol–water partition coefficient (Wildman–Crippen LogP) is 7.00. The normalized spacial score (nSPS) is 13.0. The molecule has 0 unspecified atom stereocenters. The van der Waals surface area contributed by atoms with Crippen LogP contribution in [0.25, 0.3) is 0 Å². The molecule has 0 saturated carbocycles. The maximum atomic E-state index is 12.7. The minimum absolute atomic E-state index is 0.0953. The van der Waals surface area contributed by atoms with Gasteiger partial charge in [0.2, 0.25) is 0 Å². The Hall–Kier alpha value is -0.990. The number of hydrogen-bond acceptors (Lipinski definition) is 3. The molecule has 0 aliphatic carbocycles. The van der Waals surface area contributed by atoms with Crippen molar-refractivity contribution in [3.8, 4) is 0 Å². The molecule has 0 amide bonds. The van der Waals surface area contributed by atoms with E-state index in [1.54, 1.807) is 6.07 Å². The van der Waals surface area contributed by atoms with Gasteiger partial charge in [-0.05, 0) is 55.7 Å². The molecule has 1 atom stereocenters. The summed E-state index contributed by atoms with van der Waals surface area (Å²) in [5.41, 5.74) is 2.02. The van der Waals surface area contributed by atoms with Gasteiger partial charge >= 0.3 is 12.1 Å². The van der Waals surface area contributed by atoms with Crippen molar-refractivity contribution in [1.82, 2.24) is 0 Å². The van der Waals surface area contributed by atoms with Gasteiger partial charge in [-0.2, -0.15) is 13.2 Å². The molecule has 2 rings (SSSR count). The number of alkyl halides is 3. The van der Waals surface area contributed by atoms with Crippen LogP contribution in [0.2, 0.25) is 0 Å². The fourth-order valence-corrected chi connectivity index (χ4v) is 4.96. The first-order valence-corrected chi connectivity index (χ1v) is 9.89. The average Bonchev–Trinajstić information content (AvgIpc) is 2.98. The zero-order valence-electron chi connectivity index (χ0n) is 13.5. The topological polar surface area (TPSA) is 37.3 Å². The van der Waals surface area contributed by atoms with E-state index < -0.39 is 23.8 Å². The van der Waals surface area contributed by atoms with Crippen LogP contribution in [0.3, 0.4) is 0 Å². The first-order valence-electron chi connectivity index (χ1n) is 7.40. The molecule has 1 aromatic carbocycles. The molecule has 1 N–H and O–H groups in total. The second-order valence-corrected chi connectivity index (χ2v) is 8.82. The fourth-order valence-electron chi connectivity index (χ4n) is 2.33. The van der Waals surface area contributed by atoms with Crippen molar-refractivity contribution in [3.05, 3.63) is 49.6 Å². The Balaban J connectivity index is 2.29. The van der Waals surface area contributed by atoms with E-state index >= 15 is 0 Å². The zero-order chi connectivity index (χ0) is 18.8. The number of hydrogen-bond donors (Lipinski definition) is 1. The van der Waals surface area contributed by atoms with Crippen LogP contribution < -0.4 is 0 Å². The minimum atomic E-state index is -4.24. The number of rotatable bonds is 6. The lowest BCUT2D eigenvalue weighted by molar-refractivity contribution is -0.135. The van der Waals surface area contributed by atoms with Crippen molar-refractivity contribution in [2.24, 2.45) is 0 Å². The summed E-state index contributed by atoms with van der Waals surface area (Å²) in [7, 11) is 0. The van der Waals surface area contributed by atoms with Crippen LogP contribution in [-0.4, -0.2) is 17.3 Å². The van der Waals surface area contributed by atoms with Crippen LogP contribution in [-0.2, 0) is 0 Å². The lowest BCUT2D eigenvalue weighted by atomic mass is 10.2. The van der Waals surface area contributed by atoms with Crippen molar-refractivity contribution in [2.45, 2.75) is 43.0 Å². The molecule has 0 spiro atoms. The molecule has 8 heteroatoms. The Morgan fingerprint density at radius 1 is 1.28 bits per heavy atom. The molecule has 0 bridgehead atoms. The number of aryl methyl sites for hydroxylation is 2. The largest absolute Gasteiger partial charge is 0.477 e. The van der Waals surface area contributed by atoms with E-state index in [0.717, 1.165) is 31.8 Å². The highest BCUT2D eigenvalue weighted by Gasteiger charge is 2.30. The molecule has 2 aromatic rings. The van der Waals surface area contributed by atoms with Crippen LogP contribution in [0.4, 0.5) is 13.2 Å². The number of aromatic carboxylic acids is 1. The predicted molar refractivity (Wildman–Crippen MR) is 98.8 cm³/mol. The summed E-state index contributed by atoms with van der Waals surface area (Å²) in [5, 5.41) is 8.61. The van der Waals surface area contributed by atoms with Gasteiger partial charge in [-0.25, -0.2) is 4.79 Å². The molecule has 0 aliphatic rings. The van der Waals surface area contributed by atoms with Crippen molar-refractivity contribution >= 4 is 45.0 Å². The first kappa shape index (κ1) is 20.3. The Labute approximate surface area is 160 Å². The van der Waals surface area contributed by atoms with E-state index in [0.29, 0.717) is 4.88 Å². The highest BCUT2D eigenvalue weighted by atomic mass is 79.9. The fraction of sp³-hybridized carbons (Fsp3) is 0.353. The van der Waals surface area contributed by atoms with Crippen molar-refractivity contribution in [1.29, 1.82) is 0 Å². The minimum Gasteiger partial charge on any atom is -0.477 e. The van der Waals surface area contributed by atoms with Crippen LogP contribution in [0.5, 0.6) is 0 Å². The molecule has 0 saturated heterocycles. The Kier molecular flexibility index (Phi) is 6.62. The lowest BCUT2D eigenvalue weighted by Crippen LogP contribution is -2.08. The highest BCUT2D eigenvalue weighted by molar-refractivity contribution is 9.10. The summed E-state index contributed by atoms with van der Waals surface area (Å²) in [6, 6.07) is 6.91. The number of benzene rings is 1. The average molecular weight is 453 g/mol. The monoisotopic (exact) mass is 452 g/mol. The van der Waals surface area contributed by atoms with Crippen LogP contribution in [0.15, 0.2) is 33.6 Å². The molecule has 25 heavy (non-hydrogen) atoms. The quantitative estimate of drug-likeness (QED) is 0.479. The van der Waals surface area contributed by atoms with Gasteiger partial charge in [0.05, 0.1) is 0 Å². The molecule has 0 radical (unpaired) electrons. The number of halogens is 4. The van der Waals surface area contributed by atoms with Crippen LogP contribution >= 0.6 is 39.0 Å². The van der Waals surface area contributed by atoms with Crippen molar-refractivity contribution < 1.29 is 23.1 Å². The number of carbonyl (C=O) groups is 1. The molecule has 2 nitrogen and oxygen atoms in total. The van der Waals surface area contributed by atoms with Gasteiger partial charge < -0.3 is 5.11 Å². The first-order chi connectivity index (χ1) is 11.6. The molecular formula is C17H16BrF3O2S2. The summed E-state index contributed by atoms with van der Waals surface area (Å²) >= 11 is 5.85. The van der Waals surface area contributed by atoms with Gasteiger partial charge in [0.25, 0.3) is 0 Å². The third-order valence-corrected chi connectivity index (χ3v) is 7.40. The van der Waals surface area contributed by atoms with Gasteiger partial charge in [-0.1, -0.05) is 15.9 Å². The zero-order valence-corrected chi connectivity index (χ0v) is 16.7. The number of thioether (sulfide) groups is 1.